The fourth-order valence-corrected chi connectivity index (χ4v) is 4.69. The van der Waals surface area contributed by atoms with Gasteiger partial charge in [-0.15, -0.1) is 24.8 Å². The van der Waals surface area contributed by atoms with Gasteiger partial charge < -0.3 is 20.7 Å². The Kier molecular flexibility index (Phi) is 7.82. The molecule has 1 saturated carbocycles. The second-order valence-electron chi connectivity index (χ2n) is 7.79. The van der Waals surface area contributed by atoms with Crippen molar-refractivity contribution in [3.05, 3.63) is 0 Å². The first kappa shape index (κ1) is 22.0. The number of carbonyl (C=O) groups is 1. The van der Waals surface area contributed by atoms with Gasteiger partial charge in [0.2, 0.25) is 5.91 Å². The minimum atomic E-state index is -0.778. The average molecular weight is 382 g/mol. The minimum Gasteiger partial charge on any atom is -0.377 e. The number of halogens is 2. The molecule has 2 aliphatic heterocycles. The molecule has 24 heavy (non-hydrogen) atoms. The molecule has 3 aliphatic rings. The van der Waals surface area contributed by atoms with Crippen LogP contribution in [0, 0.1) is 11.3 Å². The summed E-state index contributed by atoms with van der Waals surface area (Å²) >= 11 is 0. The Hall–Kier alpha value is -0.0700. The Morgan fingerprint density at radius 1 is 1.21 bits per heavy atom. The highest BCUT2D eigenvalue weighted by Gasteiger charge is 2.70. The topological polar surface area (TPSA) is 67.6 Å². The first-order chi connectivity index (χ1) is 10.5. The van der Waals surface area contributed by atoms with E-state index in [4.69, 9.17) is 10.5 Å². The molecule has 2 heterocycles. The van der Waals surface area contributed by atoms with Crippen molar-refractivity contribution in [2.45, 2.75) is 57.6 Å². The molecule has 0 aromatic rings. The lowest BCUT2D eigenvalue weighted by Crippen LogP contribution is -2.82. The lowest BCUT2D eigenvalue weighted by Gasteiger charge is -2.65. The highest BCUT2D eigenvalue weighted by atomic mass is 35.5. The van der Waals surface area contributed by atoms with Gasteiger partial charge in [-0.25, -0.2) is 0 Å². The maximum atomic E-state index is 12.7. The van der Waals surface area contributed by atoms with E-state index < -0.39 is 5.54 Å². The largest absolute Gasteiger partial charge is 0.377 e. The first-order valence-corrected chi connectivity index (χ1v) is 8.89. The molecule has 1 amide bonds. The van der Waals surface area contributed by atoms with Crippen molar-refractivity contribution < 1.29 is 9.53 Å². The van der Waals surface area contributed by atoms with Gasteiger partial charge in [0.05, 0.1) is 6.10 Å². The van der Waals surface area contributed by atoms with Crippen molar-refractivity contribution in [1.82, 2.24) is 10.2 Å². The lowest BCUT2D eigenvalue weighted by atomic mass is 9.46. The number of nitrogens with two attached hydrogens (primary N) is 1. The van der Waals surface area contributed by atoms with Crippen LogP contribution >= 0.6 is 24.8 Å². The molecule has 0 bridgehead atoms. The number of rotatable bonds is 4. The van der Waals surface area contributed by atoms with Crippen LogP contribution in [0.5, 0.6) is 0 Å². The van der Waals surface area contributed by atoms with Crippen LogP contribution in [0.3, 0.4) is 0 Å². The van der Waals surface area contributed by atoms with E-state index in [1.807, 2.05) is 0 Å². The smallest absolute Gasteiger partial charge is 0.241 e. The van der Waals surface area contributed by atoms with E-state index in [2.05, 4.69) is 24.1 Å². The summed E-state index contributed by atoms with van der Waals surface area (Å²) in [7, 11) is 0. The van der Waals surface area contributed by atoms with Crippen molar-refractivity contribution in [3.8, 4) is 0 Å². The summed E-state index contributed by atoms with van der Waals surface area (Å²) < 4.78 is 5.87. The molecule has 3 fully saturated rings. The molecule has 0 aromatic carbocycles. The van der Waals surface area contributed by atoms with E-state index >= 15 is 0 Å². The normalized spacial score (nSPS) is 34.8. The average Bonchev–Trinajstić information content (AvgIpc) is 2.55. The SMILES string of the molecule is CC1(C)C2OCCCC2C1(N)C(=O)NCCN1CCCCC1.Cl.Cl. The molecule has 0 aromatic heterocycles. The number of likely N-dealkylation sites (tertiary alicyclic amines) is 1. The molecule has 3 rings (SSSR count). The van der Waals surface area contributed by atoms with E-state index in [9.17, 15) is 4.79 Å². The van der Waals surface area contributed by atoms with Gasteiger partial charge in [-0.05, 0) is 38.8 Å². The summed E-state index contributed by atoms with van der Waals surface area (Å²) in [6, 6.07) is 0. The van der Waals surface area contributed by atoms with Crippen molar-refractivity contribution >= 4 is 30.7 Å². The Bertz CT molecular complexity index is 430. The Morgan fingerprint density at radius 3 is 2.54 bits per heavy atom. The van der Waals surface area contributed by atoms with Gasteiger partial charge in [-0.1, -0.05) is 20.3 Å². The molecular formula is C17H33Cl2N3O2. The fraction of sp³-hybridized carbons (Fsp3) is 0.941. The van der Waals surface area contributed by atoms with E-state index in [0.717, 1.165) is 39.1 Å². The molecular weight excluding hydrogens is 349 g/mol. The quantitative estimate of drug-likeness (QED) is 0.780. The summed E-state index contributed by atoms with van der Waals surface area (Å²) in [5.74, 6) is 0.187. The molecule has 1 aliphatic carbocycles. The van der Waals surface area contributed by atoms with E-state index in [1.54, 1.807) is 0 Å². The molecule has 3 unspecified atom stereocenters. The van der Waals surface area contributed by atoms with Crippen LogP contribution < -0.4 is 11.1 Å². The number of fused-ring (bicyclic) bond motifs is 1. The van der Waals surface area contributed by atoms with Crippen LogP contribution in [0.15, 0.2) is 0 Å². The van der Waals surface area contributed by atoms with Crippen LogP contribution in [-0.2, 0) is 9.53 Å². The van der Waals surface area contributed by atoms with Crippen molar-refractivity contribution in [2.75, 3.05) is 32.8 Å². The van der Waals surface area contributed by atoms with Gasteiger partial charge in [0.25, 0.3) is 0 Å². The molecule has 3 atom stereocenters. The zero-order chi connectivity index (χ0) is 15.8. The molecule has 7 heteroatoms. The van der Waals surface area contributed by atoms with Gasteiger partial charge in [-0.2, -0.15) is 0 Å². The number of amides is 1. The number of hydrogen-bond acceptors (Lipinski definition) is 4. The third-order valence-electron chi connectivity index (χ3n) is 6.22. The van der Waals surface area contributed by atoms with Gasteiger partial charge in [0.15, 0.2) is 0 Å². The number of carbonyl (C=O) groups excluding carboxylic acids is 1. The number of nitrogens with zero attached hydrogens (tertiary/aromatic N) is 1. The summed E-state index contributed by atoms with van der Waals surface area (Å²) in [4.78, 5) is 15.2. The fourth-order valence-electron chi connectivity index (χ4n) is 4.69. The molecule has 0 spiro atoms. The molecule has 142 valence electrons. The molecule has 5 nitrogen and oxygen atoms in total. The van der Waals surface area contributed by atoms with Crippen LogP contribution in [0.4, 0.5) is 0 Å². The van der Waals surface area contributed by atoms with Gasteiger partial charge >= 0.3 is 0 Å². The maximum absolute atomic E-state index is 12.7. The van der Waals surface area contributed by atoms with Gasteiger partial charge in [0.1, 0.15) is 5.54 Å². The van der Waals surface area contributed by atoms with Gasteiger partial charge in [0, 0.05) is 31.0 Å². The molecule has 3 N–H and O–H groups in total. The summed E-state index contributed by atoms with van der Waals surface area (Å²) in [5, 5.41) is 3.10. The third-order valence-corrected chi connectivity index (χ3v) is 6.22. The number of piperidine rings is 1. The molecule has 2 saturated heterocycles. The zero-order valence-electron chi connectivity index (χ0n) is 14.9. The predicted octanol–water partition coefficient (Wildman–Crippen LogP) is 1.96. The second-order valence-corrected chi connectivity index (χ2v) is 7.79. The summed E-state index contributed by atoms with van der Waals surface area (Å²) in [6.45, 7) is 8.91. The van der Waals surface area contributed by atoms with E-state index in [-0.39, 0.29) is 48.2 Å². The van der Waals surface area contributed by atoms with Crippen molar-refractivity contribution in [1.29, 1.82) is 0 Å². The lowest BCUT2D eigenvalue weighted by molar-refractivity contribution is -0.225. The highest BCUT2D eigenvalue weighted by Crippen LogP contribution is 2.57. The number of ether oxygens (including phenoxy) is 1. The van der Waals surface area contributed by atoms with Crippen LogP contribution in [-0.4, -0.2) is 55.2 Å². The standard InChI is InChI=1S/C17H31N3O2.2ClH/c1-16(2)14-13(7-6-12-22-14)17(16,18)15(21)19-8-11-20-9-4-3-5-10-20;;/h13-14H,3-12,18H2,1-2H3,(H,19,21);2*1H. The monoisotopic (exact) mass is 381 g/mol. The second kappa shape index (κ2) is 8.54. The Labute approximate surface area is 158 Å². The summed E-state index contributed by atoms with van der Waals surface area (Å²) in [5.41, 5.74) is 5.53. The van der Waals surface area contributed by atoms with Crippen LogP contribution in [0.2, 0.25) is 0 Å². The van der Waals surface area contributed by atoms with Crippen molar-refractivity contribution in [2.24, 2.45) is 17.1 Å². The maximum Gasteiger partial charge on any atom is 0.241 e. The van der Waals surface area contributed by atoms with E-state index in [0.29, 0.717) is 6.54 Å². The zero-order valence-corrected chi connectivity index (χ0v) is 16.5. The summed E-state index contributed by atoms with van der Waals surface area (Å²) in [6.07, 6.45) is 6.05. The molecule has 0 radical (unpaired) electrons. The number of nitrogens with one attached hydrogen (secondary N) is 1. The van der Waals surface area contributed by atoms with Gasteiger partial charge in [-0.3, -0.25) is 4.79 Å². The minimum absolute atomic E-state index is 0. The van der Waals surface area contributed by atoms with Crippen LogP contribution in [0.1, 0.15) is 46.0 Å². The predicted molar refractivity (Wildman–Crippen MR) is 101 cm³/mol. The number of hydrogen-bond donors (Lipinski definition) is 2. The van der Waals surface area contributed by atoms with E-state index in [1.165, 1.54) is 19.3 Å². The van der Waals surface area contributed by atoms with Crippen LogP contribution in [0.25, 0.3) is 0 Å². The Morgan fingerprint density at radius 2 is 1.88 bits per heavy atom. The Balaban J connectivity index is 0.00000144. The highest BCUT2D eigenvalue weighted by molar-refractivity contribution is 5.89. The first-order valence-electron chi connectivity index (χ1n) is 8.89. The van der Waals surface area contributed by atoms with Crippen molar-refractivity contribution in [3.63, 3.8) is 0 Å². The third kappa shape index (κ3) is 3.56.